The van der Waals surface area contributed by atoms with E-state index in [1.165, 1.54) is 49.5 Å². The summed E-state index contributed by atoms with van der Waals surface area (Å²) in [7, 11) is 2.63. The number of aliphatic hydroxyl groups is 8. The number of carboxylic acids is 2. The fourth-order valence-corrected chi connectivity index (χ4v) is 10.9. The van der Waals surface area contributed by atoms with E-state index >= 15 is 0 Å². The third kappa shape index (κ3) is 14.6. The molecule has 4 aliphatic heterocycles. The van der Waals surface area contributed by atoms with Gasteiger partial charge in [0.2, 0.25) is 0 Å². The second kappa shape index (κ2) is 26.9. The summed E-state index contributed by atoms with van der Waals surface area (Å²) in [5, 5.41) is 108. The second-order valence-electron chi connectivity index (χ2n) is 15.0. The molecule has 0 spiro atoms. The van der Waals surface area contributed by atoms with Crippen molar-refractivity contribution in [2.75, 3.05) is 60.2 Å². The van der Waals surface area contributed by atoms with E-state index in [4.69, 9.17) is 47.7 Å². The van der Waals surface area contributed by atoms with Gasteiger partial charge in [0.25, 0.3) is 0 Å². The van der Waals surface area contributed by atoms with Gasteiger partial charge in [-0.2, -0.15) is 47.0 Å². The number of aliphatic hydroxyl groups excluding tert-OH is 8. The lowest BCUT2D eigenvalue weighted by Gasteiger charge is -2.49. The van der Waals surface area contributed by atoms with Crippen LogP contribution >= 0.6 is 47.0 Å². The van der Waals surface area contributed by atoms with Crippen molar-refractivity contribution in [1.29, 1.82) is 0 Å². The van der Waals surface area contributed by atoms with Crippen LogP contribution in [0.2, 0.25) is 0 Å². The van der Waals surface area contributed by atoms with Crippen LogP contribution in [-0.2, 0) is 52.2 Å². The quantitative estimate of drug-likeness (QED) is 0.0438. The number of aliphatic carboxylic acids is 2. The molecule has 20 unspecified atom stereocenters. The van der Waals surface area contributed by atoms with E-state index in [1.54, 1.807) is 0 Å². The number of carbonyl (C=O) groups is 2. The molecule has 0 aromatic rings. The Labute approximate surface area is 377 Å². The summed E-state index contributed by atoms with van der Waals surface area (Å²) in [5.41, 5.74) is 0. The Kier molecular flexibility index (Phi) is 23.5. The van der Waals surface area contributed by atoms with E-state index in [-0.39, 0.29) is 41.6 Å². The maximum Gasteiger partial charge on any atom is 0.304 e. The smallest absolute Gasteiger partial charge is 0.304 e. The standard InChI is InChI=1S/C37H64O21S4/c1-5-9-60-13-18-32(24(44)28(48)36(54-18)56-31-17(14-61-10-7-20(38)39)52-34(51-4)26(46)23(31)43)58-37-29(49)25(45)33(19(55-37)15-62-11-8-21(40)41)57-35-27(47)22(42)30(50-3)16(53-35)12-59-6-2/h16-19,22-37,42-49H,5-15H2,1-4H3,(H,38,39)(H,40,41). The molecule has 4 saturated heterocycles. The molecule has 0 amide bonds. The fourth-order valence-electron chi connectivity index (χ4n) is 7.25. The normalized spacial score (nSPS) is 41.5. The number of hydrogen-bond donors (Lipinski definition) is 10. The summed E-state index contributed by atoms with van der Waals surface area (Å²) in [6.45, 7) is 3.88. The predicted octanol–water partition coefficient (Wildman–Crippen LogP) is -2.10. The lowest BCUT2D eigenvalue weighted by molar-refractivity contribution is -0.380. The predicted molar refractivity (Wildman–Crippen MR) is 225 cm³/mol. The molecule has 0 radical (unpaired) electrons. The molecule has 20 atom stereocenters. The SMILES string of the molecule is CCCSCC1OC(OC2C(CSCCC(=O)O)OC(OC)C(O)C2O)C(O)C(O)C1OC1OC(CSCCC(=O)O)C(OC2OC(CSCC)C(OC)C(O)C2O)C(O)C1O. The van der Waals surface area contributed by atoms with Crippen LogP contribution in [0, 0.1) is 0 Å². The summed E-state index contributed by atoms with van der Waals surface area (Å²) in [6.07, 6.45) is -28.4. The highest BCUT2D eigenvalue weighted by Gasteiger charge is 2.55. The Balaban J connectivity index is 1.55. The minimum atomic E-state index is -1.88. The van der Waals surface area contributed by atoms with Crippen molar-refractivity contribution in [3.8, 4) is 0 Å². The van der Waals surface area contributed by atoms with Crippen molar-refractivity contribution in [3.63, 3.8) is 0 Å². The molecule has 4 aliphatic rings. The molecular formula is C37H64O21S4. The Morgan fingerprint density at radius 1 is 0.452 bits per heavy atom. The van der Waals surface area contributed by atoms with Crippen molar-refractivity contribution in [2.45, 2.75) is 156 Å². The lowest BCUT2D eigenvalue weighted by atomic mass is 9.96. The van der Waals surface area contributed by atoms with Crippen molar-refractivity contribution >= 4 is 59.0 Å². The van der Waals surface area contributed by atoms with Gasteiger partial charge < -0.3 is 93.7 Å². The summed E-state index contributed by atoms with van der Waals surface area (Å²) >= 11 is 5.23. The molecule has 0 saturated carbocycles. The molecule has 0 bridgehead atoms. The fraction of sp³-hybridized carbons (Fsp3) is 0.946. The highest BCUT2D eigenvalue weighted by Crippen LogP contribution is 2.37. The Morgan fingerprint density at radius 3 is 1.11 bits per heavy atom. The van der Waals surface area contributed by atoms with Crippen LogP contribution in [0.3, 0.4) is 0 Å². The van der Waals surface area contributed by atoms with Gasteiger partial charge in [-0.1, -0.05) is 13.8 Å². The molecule has 4 rings (SSSR count). The van der Waals surface area contributed by atoms with E-state index in [0.29, 0.717) is 11.5 Å². The van der Waals surface area contributed by atoms with E-state index in [9.17, 15) is 55.5 Å². The summed E-state index contributed by atoms with van der Waals surface area (Å²) in [6, 6.07) is 0. The Bertz CT molecular complexity index is 1330. The first-order chi connectivity index (χ1) is 29.6. The molecule has 62 heavy (non-hydrogen) atoms. The van der Waals surface area contributed by atoms with Crippen LogP contribution in [-0.4, -0.2) is 246 Å². The minimum Gasteiger partial charge on any atom is -0.481 e. The van der Waals surface area contributed by atoms with Gasteiger partial charge in [0.05, 0.1) is 37.3 Å². The highest BCUT2D eigenvalue weighted by atomic mass is 32.2. The first-order valence-corrected chi connectivity index (χ1v) is 25.0. The van der Waals surface area contributed by atoms with E-state index in [0.717, 1.165) is 23.9 Å². The van der Waals surface area contributed by atoms with E-state index in [2.05, 4.69) is 0 Å². The van der Waals surface area contributed by atoms with Gasteiger partial charge >= 0.3 is 11.9 Å². The second-order valence-corrected chi connectivity index (χ2v) is 19.8. The van der Waals surface area contributed by atoms with E-state index < -0.39 is 135 Å². The average molecular weight is 973 g/mol. The summed E-state index contributed by atoms with van der Waals surface area (Å²) in [5.74, 6) is 0.229. The molecule has 0 aliphatic carbocycles. The maximum atomic E-state index is 11.6. The Morgan fingerprint density at radius 2 is 0.774 bits per heavy atom. The van der Waals surface area contributed by atoms with Gasteiger partial charge in [-0.05, 0) is 17.9 Å². The molecular weight excluding hydrogens is 909 g/mol. The van der Waals surface area contributed by atoms with Gasteiger partial charge in [-0.25, -0.2) is 0 Å². The van der Waals surface area contributed by atoms with Gasteiger partial charge in [0, 0.05) is 48.7 Å². The van der Waals surface area contributed by atoms with Crippen molar-refractivity contribution < 1.29 is 103 Å². The molecule has 4 heterocycles. The van der Waals surface area contributed by atoms with Crippen LogP contribution < -0.4 is 0 Å². The van der Waals surface area contributed by atoms with Gasteiger partial charge in [-0.15, -0.1) is 0 Å². The number of carboxylic acid groups (broad SMARTS) is 2. The largest absolute Gasteiger partial charge is 0.481 e. The van der Waals surface area contributed by atoms with Crippen LogP contribution in [0.1, 0.15) is 33.1 Å². The van der Waals surface area contributed by atoms with Gasteiger partial charge in [0.1, 0.15) is 73.2 Å². The van der Waals surface area contributed by atoms with Crippen molar-refractivity contribution in [1.82, 2.24) is 0 Å². The zero-order valence-electron chi connectivity index (χ0n) is 34.9. The van der Waals surface area contributed by atoms with Crippen molar-refractivity contribution in [3.05, 3.63) is 0 Å². The highest BCUT2D eigenvalue weighted by molar-refractivity contribution is 7.99. The first kappa shape index (κ1) is 54.3. The van der Waals surface area contributed by atoms with Crippen LogP contribution in [0.15, 0.2) is 0 Å². The van der Waals surface area contributed by atoms with E-state index in [1.807, 2.05) is 13.8 Å². The molecule has 0 aromatic carbocycles. The third-order valence-electron chi connectivity index (χ3n) is 10.5. The van der Waals surface area contributed by atoms with Crippen LogP contribution in [0.25, 0.3) is 0 Å². The molecule has 362 valence electrons. The maximum absolute atomic E-state index is 11.6. The summed E-state index contributed by atoms with van der Waals surface area (Å²) in [4.78, 5) is 22.3. The van der Waals surface area contributed by atoms with Crippen LogP contribution in [0.5, 0.6) is 0 Å². The minimum absolute atomic E-state index is 0.0157. The summed E-state index contributed by atoms with van der Waals surface area (Å²) < 4.78 is 53.2. The molecule has 25 heteroatoms. The molecule has 4 fully saturated rings. The third-order valence-corrected chi connectivity index (χ3v) is 14.9. The molecule has 0 aromatic heterocycles. The monoisotopic (exact) mass is 972 g/mol. The van der Waals surface area contributed by atoms with Gasteiger partial charge in [-0.3, -0.25) is 9.59 Å². The van der Waals surface area contributed by atoms with Crippen LogP contribution in [0.4, 0.5) is 0 Å². The molecule has 10 N–H and O–H groups in total. The number of thioether (sulfide) groups is 4. The Hall–Kier alpha value is -0.340. The lowest BCUT2D eigenvalue weighted by Crippen LogP contribution is -2.67. The number of rotatable bonds is 25. The topological polar surface area (TPSA) is 320 Å². The first-order valence-electron chi connectivity index (χ1n) is 20.4. The molecule has 21 nitrogen and oxygen atoms in total. The number of methoxy groups -OCH3 is 2. The van der Waals surface area contributed by atoms with Gasteiger partial charge in [0.15, 0.2) is 25.2 Å². The number of hydrogen-bond acceptors (Lipinski definition) is 23. The zero-order chi connectivity index (χ0) is 45.7. The van der Waals surface area contributed by atoms with Crippen molar-refractivity contribution in [2.24, 2.45) is 0 Å². The zero-order valence-corrected chi connectivity index (χ0v) is 38.2. The number of ether oxygens (including phenoxy) is 9. The average Bonchev–Trinajstić information content (AvgIpc) is 3.24.